The van der Waals surface area contributed by atoms with Gasteiger partial charge in [0.1, 0.15) is 5.82 Å². The van der Waals surface area contributed by atoms with Gasteiger partial charge in [-0.05, 0) is 35.0 Å². The standard InChI is InChI=1S/C8H8BrFN2/c1-5(11)12-8-4-6(10)2-3-7(8)9/h2-4H,1H3,(H2,11,12). The Kier molecular flexibility index (Phi) is 2.81. The Labute approximate surface area is 78.4 Å². The van der Waals surface area contributed by atoms with Crippen LogP contribution in [0.25, 0.3) is 0 Å². The van der Waals surface area contributed by atoms with Crippen molar-refractivity contribution < 1.29 is 4.39 Å². The fraction of sp³-hybridized carbons (Fsp3) is 0.125. The second kappa shape index (κ2) is 3.67. The molecule has 1 aromatic carbocycles. The first kappa shape index (κ1) is 9.19. The van der Waals surface area contributed by atoms with Gasteiger partial charge in [0.25, 0.3) is 0 Å². The van der Waals surface area contributed by atoms with Gasteiger partial charge in [-0.2, -0.15) is 0 Å². The number of rotatable bonds is 1. The monoisotopic (exact) mass is 230 g/mol. The van der Waals surface area contributed by atoms with Crippen molar-refractivity contribution in [2.75, 3.05) is 0 Å². The zero-order valence-corrected chi connectivity index (χ0v) is 8.10. The van der Waals surface area contributed by atoms with Gasteiger partial charge in [-0.15, -0.1) is 0 Å². The Morgan fingerprint density at radius 2 is 2.25 bits per heavy atom. The average molecular weight is 231 g/mol. The molecule has 0 aliphatic heterocycles. The van der Waals surface area contributed by atoms with E-state index in [1.54, 1.807) is 13.0 Å². The number of nitrogens with zero attached hydrogens (tertiary/aromatic N) is 1. The largest absolute Gasteiger partial charge is 0.387 e. The highest BCUT2D eigenvalue weighted by molar-refractivity contribution is 9.10. The van der Waals surface area contributed by atoms with Gasteiger partial charge in [0.2, 0.25) is 0 Å². The van der Waals surface area contributed by atoms with Crippen LogP contribution >= 0.6 is 15.9 Å². The van der Waals surface area contributed by atoms with Gasteiger partial charge in [-0.25, -0.2) is 9.38 Å². The maximum atomic E-state index is 12.7. The summed E-state index contributed by atoms with van der Waals surface area (Å²) in [6.45, 7) is 1.65. The maximum absolute atomic E-state index is 12.7. The van der Waals surface area contributed by atoms with Crippen LogP contribution < -0.4 is 5.73 Å². The van der Waals surface area contributed by atoms with Crippen LogP contribution in [0, 0.1) is 5.82 Å². The molecular formula is C8H8BrFN2. The van der Waals surface area contributed by atoms with Crippen molar-refractivity contribution >= 4 is 27.5 Å². The maximum Gasteiger partial charge on any atom is 0.125 e. The number of nitrogens with two attached hydrogens (primary N) is 1. The summed E-state index contributed by atoms with van der Waals surface area (Å²) in [7, 11) is 0. The highest BCUT2D eigenvalue weighted by Gasteiger charge is 1.99. The molecule has 0 saturated heterocycles. The molecule has 64 valence electrons. The van der Waals surface area contributed by atoms with E-state index in [0.29, 0.717) is 11.5 Å². The predicted molar refractivity (Wildman–Crippen MR) is 51.1 cm³/mol. The van der Waals surface area contributed by atoms with Gasteiger partial charge in [0.15, 0.2) is 0 Å². The summed E-state index contributed by atoms with van der Waals surface area (Å²) in [5.41, 5.74) is 5.86. The SMILES string of the molecule is CC(N)=Nc1cc(F)ccc1Br. The highest BCUT2D eigenvalue weighted by Crippen LogP contribution is 2.25. The molecule has 4 heteroatoms. The van der Waals surface area contributed by atoms with Crippen LogP contribution in [0.2, 0.25) is 0 Å². The summed E-state index contributed by atoms with van der Waals surface area (Å²) in [4.78, 5) is 3.93. The molecule has 1 aromatic rings. The van der Waals surface area contributed by atoms with E-state index in [9.17, 15) is 4.39 Å². The number of halogens is 2. The van der Waals surface area contributed by atoms with E-state index >= 15 is 0 Å². The number of benzene rings is 1. The number of hydrogen-bond donors (Lipinski definition) is 1. The number of aliphatic imine (C=N–C) groups is 1. The van der Waals surface area contributed by atoms with Crippen molar-refractivity contribution in [3.05, 3.63) is 28.5 Å². The second-order valence-corrected chi connectivity index (χ2v) is 3.20. The zero-order valence-electron chi connectivity index (χ0n) is 6.51. The van der Waals surface area contributed by atoms with Crippen molar-refractivity contribution in [2.45, 2.75) is 6.92 Å². The lowest BCUT2D eigenvalue weighted by Gasteiger charge is -1.98. The first-order chi connectivity index (χ1) is 5.59. The van der Waals surface area contributed by atoms with Crippen LogP contribution in [0.15, 0.2) is 27.7 Å². The van der Waals surface area contributed by atoms with E-state index in [1.165, 1.54) is 12.1 Å². The van der Waals surface area contributed by atoms with Crippen LogP contribution in [0.1, 0.15) is 6.92 Å². The Balaban J connectivity index is 3.14. The molecule has 0 fully saturated rings. The first-order valence-electron chi connectivity index (χ1n) is 3.35. The molecule has 12 heavy (non-hydrogen) atoms. The van der Waals surface area contributed by atoms with Gasteiger partial charge in [0.05, 0.1) is 11.5 Å². The van der Waals surface area contributed by atoms with Crippen LogP contribution in [-0.2, 0) is 0 Å². The molecule has 0 unspecified atom stereocenters. The van der Waals surface area contributed by atoms with Gasteiger partial charge in [0, 0.05) is 10.5 Å². The summed E-state index contributed by atoms with van der Waals surface area (Å²) >= 11 is 3.23. The summed E-state index contributed by atoms with van der Waals surface area (Å²) in [6, 6.07) is 4.27. The lowest BCUT2D eigenvalue weighted by molar-refractivity contribution is 0.628. The summed E-state index contributed by atoms with van der Waals surface area (Å²) in [6.07, 6.45) is 0. The Morgan fingerprint density at radius 3 is 2.83 bits per heavy atom. The molecule has 0 amide bonds. The minimum Gasteiger partial charge on any atom is -0.387 e. The molecule has 0 spiro atoms. The van der Waals surface area contributed by atoms with E-state index in [1.807, 2.05) is 0 Å². The molecule has 0 saturated carbocycles. The average Bonchev–Trinajstić information content (AvgIpc) is 1.96. The molecule has 1 rings (SSSR count). The molecular weight excluding hydrogens is 223 g/mol. The Bertz CT molecular complexity index is 319. The summed E-state index contributed by atoms with van der Waals surface area (Å²) in [5.74, 6) is 0.0829. The van der Waals surface area contributed by atoms with Crippen molar-refractivity contribution in [1.29, 1.82) is 0 Å². The van der Waals surface area contributed by atoms with Crippen LogP contribution in [0.4, 0.5) is 10.1 Å². The molecule has 0 bridgehead atoms. The van der Waals surface area contributed by atoms with E-state index in [4.69, 9.17) is 5.73 Å². The van der Waals surface area contributed by atoms with Gasteiger partial charge < -0.3 is 5.73 Å². The van der Waals surface area contributed by atoms with E-state index < -0.39 is 0 Å². The molecule has 0 aliphatic carbocycles. The fourth-order valence-corrected chi connectivity index (χ4v) is 1.10. The van der Waals surface area contributed by atoms with E-state index in [-0.39, 0.29) is 5.82 Å². The third-order valence-corrected chi connectivity index (χ3v) is 1.88. The lowest BCUT2D eigenvalue weighted by atomic mass is 10.3. The van der Waals surface area contributed by atoms with Crippen molar-refractivity contribution in [2.24, 2.45) is 10.7 Å². The number of amidine groups is 1. The molecule has 2 N–H and O–H groups in total. The summed E-state index contributed by atoms with van der Waals surface area (Å²) in [5, 5.41) is 0. The minimum absolute atomic E-state index is 0.321. The summed E-state index contributed by atoms with van der Waals surface area (Å²) < 4.78 is 13.4. The Morgan fingerprint density at radius 1 is 1.58 bits per heavy atom. The van der Waals surface area contributed by atoms with Crippen LogP contribution in [0.3, 0.4) is 0 Å². The quantitative estimate of drug-likeness (QED) is 0.585. The third kappa shape index (κ3) is 2.30. The Hall–Kier alpha value is -0.900. The molecule has 0 aliphatic rings. The van der Waals surface area contributed by atoms with Gasteiger partial charge >= 0.3 is 0 Å². The third-order valence-electron chi connectivity index (χ3n) is 1.20. The molecule has 0 atom stereocenters. The van der Waals surface area contributed by atoms with Crippen molar-refractivity contribution in [3.8, 4) is 0 Å². The minimum atomic E-state index is -0.321. The molecule has 0 radical (unpaired) electrons. The van der Waals surface area contributed by atoms with E-state index in [2.05, 4.69) is 20.9 Å². The lowest BCUT2D eigenvalue weighted by Crippen LogP contribution is -2.03. The second-order valence-electron chi connectivity index (χ2n) is 2.35. The predicted octanol–water partition coefficient (Wildman–Crippen LogP) is 2.60. The topological polar surface area (TPSA) is 38.4 Å². The highest BCUT2D eigenvalue weighted by atomic mass is 79.9. The fourth-order valence-electron chi connectivity index (χ4n) is 0.761. The zero-order chi connectivity index (χ0) is 9.14. The normalized spacial score (nSPS) is 11.8. The van der Waals surface area contributed by atoms with Gasteiger partial charge in [-0.1, -0.05) is 0 Å². The van der Waals surface area contributed by atoms with Crippen LogP contribution in [0.5, 0.6) is 0 Å². The van der Waals surface area contributed by atoms with E-state index in [0.717, 1.165) is 4.47 Å². The van der Waals surface area contributed by atoms with Crippen molar-refractivity contribution in [3.63, 3.8) is 0 Å². The molecule has 2 nitrogen and oxygen atoms in total. The van der Waals surface area contributed by atoms with Crippen LogP contribution in [-0.4, -0.2) is 5.84 Å². The number of hydrogen-bond acceptors (Lipinski definition) is 1. The molecule has 0 heterocycles. The van der Waals surface area contributed by atoms with Crippen molar-refractivity contribution in [1.82, 2.24) is 0 Å². The molecule has 0 aromatic heterocycles. The smallest absolute Gasteiger partial charge is 0.125 e. The van der Waals surface area contributed by atoms with Gasteiger partial charge in [-0.3, -0.25) is 0 Å². The first-order valence-corrected chi connectivity index (χ1v) is 4.14.